The second-order valence-electron chi connectivity index (χ2n) is 8.19. The van der Waals surface area contributed by atoms with Gasteiger partial charge < -0.3 is 14.5 Å². The van der Waals surface area contributed by atoms with Crippen LogP contribution in [0.25, 0.3) is 0 Å². The highest BCUT2D eigenvalue weighted by Gasteiger charge is 2.58. The first-order valence-corrected chi connectivity index (χ1v) is 10.2. The zero-order chi connectivity index (χ0) is 20.9. The molecular weight excluding hydrogens is 388 g/mol. The van der Waals surface area contributed by atoms with Crippen LogP contribution in [0.3, 0.4) is 0 Å². The summed E-state index contributed by atoms with van der Waals surface area (Å²) in [6.07, 6.45) is 2.12. The summed E-state index contributed by atoms with van der Waals surface area (Å²) < 4.78 is 34.4. The molecule has 1 spiro atoms. The number of anilines is 1. The summed E-state index contributed by atoms with van der Waals surface area (Å²) in [5.74, 6) is -0.786. The van der Waals surface area contributed by atoms with Gasteiger partial charge in [-0.1, -0.05) is 12.1 Å². The van der Waals surface area contributed by atoms with Crippen LogP contribution in [0.4, 0.5) is 14.5 Å². The molecule has 3 fully saturated rings. The molecule has 0 N–H and O–H groups in total. The molecule has 2 aromatic rings. The van der Waals surface area contributed by atoms with Crippen molar-refractivity contribution >= 4 is 11.6 Å². The number of rotatable bonds is 2. The summed E-state index contributed by atoms with van der Waals surface area (Å²) in [7, 11) is 0. The van der Waals surface area contributed by atoms with Crippen LogP contribution in [0.1, 0.15) is 42.9 Å². The van der Waals surface area contributed by atoms with Crippen LogP contribution in [0.15, 0.2) is 42.5 Å². The minimum atomic E-state index is -0.893. The van der Waals surface area contributed by atoms with E-state index in [0.717, 1.165) is 18.4 Å². The zero-order valence-electron chi connectivity index (χ0n) is 16.4. The molecule has 2 aromatic carbocycles. The molecular formula is C23H21F2N3O2. The molecule has 5 rings (SSSR count). The van der Waals surface area contributed by atoms with E-state index in [1.54, 1.807) is 23.1 Å². The van der Waals surface area contributed by atoms with Crippen LogP contribution < -0.4 is 4.90 Å². The van der Waals surface area contributed by atoms with Crippen molar-refractivity contribution < 1.29 is 18.3 Å². The molecule has 0 unspecified atom stereocenters. The van der Waals surface area contributed by atoms with E-state index in [0.29, 0.717) is 31.6 Å². The lowest BCUT2D eigenvalue weighted by Gasteiger charge is -2.38. The lowest BCUT2D eigenvalue weighted by Crippen LogP contribution is -2.50. The summed E-state index contributed by atoms with van der Waals surface area (Å²) >= 11 is 0. The average molecular weight is 409 g/mol. The van der Waals surface area contributed by atoms with Gasteiger partial charge in [-0.15, -0.1) is 0 Å². The SMILES string of the molecule is N#Cc1ccc(N2CCC3(CC2)O[C@@H]2CC[C@@H](c4cccc(F)c4)N2C3=O)c(F)c1. The fourth-order valence-electron chi connectivity index (χ4n) is 5.03. The fourth-order valence-corrected chi connectivity index (χ4v) is 5.03. The summed E-state index contributed by atoms with van der Waals surface area (Å²) in [6, 6.07) is 12.6. The first-order chi connectivity index (χ1) is 14.5. The van der Waals surface area contributed by atoms with Gasteiger partial charge in [-0.3, -0.25) is 4.79 Å². The minimum absolute atomic E-state index is 0.0424. The predicted octanol–water partition coefficient (Wildman–Crippen LogP) is 3.90. The number of nitrogens with zero attached hydrogens (tertiary/aromatic N) is 3. The van der Waals surface area contributed by atoms with Gasteiger partial charge in [-0.25, -0.2) is 8.78 Å². The highest BCUT2D eigenvalue weighted by molar-refractivity contribution is 5.88. The van der Waals surface area contributed by atoms with Crippen LogP contribution in [0, 0.1) is 23.0 Å². The van der Waals surface area contributed by atoms with Gasteiger partial charge >= 0.3 is 0 Å². The Kier molecular flexibility index (Phi) is 4.48. The molecule has 1 amide bonds. The Morgan fingerprint density at radius 3 is 2.60 bits per heavy atom. The number of hydrogen-bond donors (Lipinski definition) is 0. The zero-order valence-corrected chi connectivity index (χ0v) is 16.4. The Hall–Kier alpha value is -2.98. The van der Waals surface area contributed by atoms with E-state index in [9.17, 15) is 13.6 Å². The largest absolute Gasteiger partial charge is 0.369 e. The van der Waals surface area contributed by atoms with E-state index in [2.05, 4.69) is 0 Å². The van der Waals surface area contributed by atoms with Crippen molar-refractivity contribution in [2.45, 2.75) is 43.6 Å². The van der Waals surface area contributed by atoms with E-state index in [1.165, 1.54) is 18.2 Å². The van der Waals surface area contributed by atoms with Crippen LogP contribution in [0.5, 0.6) is 0 Å². The number of piperidine rings is 1. The number of ether oxygens (including phenoxy) is 1. The molecule has 0 radical (unpaired) electrons. The molecule has 3 saturated heterocycles. The number of halogens is 2. The number of hydrogen-bond acceptors (Lipinski definition) is 4. The number of benzene rings is 2. The lowest BCUT2D eigenvalue weighted by molar-refractivity contribution is -0.140. The first-order valence-electron chi connectivity index (χ1n) is 10.2. The van der Waals surface area contributed by atoms with Gasteiger partial charge in [0.05, 0.1) is 23.4 Å². The van der Waals surface area contributed by atoms with Gasteiger partial charge in [0.15, 0.2) is 5.60 Å². The third kappa shape index (κ3) is 2.94. The summed E-state index contributed by atoms with van der Waals surface area (Å²) in [5.41, 5.74) is 0.620. The van der Waals surface area contributed by atoms with Crippen molar-refractivity contribution in [2.75, 3.05) is 18.0 Å². The lowest BCUT2D eigenvalue weighted by atomic mass is 9.89. The third-order valence-corrected chi connectivity index (χ3v) is 6.54. The maximum atomic E-state index is 14.4. The second-order valence-corrected chi connectivity index (χ2v) is 8.19. The van der Waals surface area contributed by atoms with E-state index in [4.69, 9.17) is 10.00 Å². The van der Waals surface area contributed by atoms with Crippen LogP contribution >= 0.6 is 0 Å². The minimum Gasteiger partial charge on any atom is -0.369 e. The van der Waals surface area contributed by atoms with Crippen molar-refractivity contribution in [3.05, 3.63) is 65.2 Å². The van der Waals surface area contributed by atoms with E-state index in [1.807, 2.05) is 17.0 Å². The Labute approximate surface area is 173 Å². The summed E-state index contributed by atoms with van der Waals surface area (Å²) in [5, 5.41) is 8.92. The van der Waals surface area contributed by atoms with Gasteiger partial charge in [0.2, 0.25) is 0 Å². The Bertz CT molecular complexity index is 1040. The maximum absolute atomic E-state index is 14.4. The molecule has 3 aliphatic rings. The van der Waals surface area contributed by atoms with Gasteiger partial charge in [0.25, 0.3) is 5.91 Å². The summed E-state index contributed by atoms with van der Waals surface area (Å²) in [6.45, 7) is 0.972. The predicted molar refractivity (Wildman–Crippen MR) is 105 cm³/mol. The van der Waals surface area contributed by atoms with Crippen molar-refractivity contribution in [2.24, 2.45) is 0 Å². The van der Waals surface area contributed by atoms with Crippen LogP contribution in [-0.4, -0.2) is 35.7 Å². The van der Waals surface area contributed by atoms with Crippen molar-refractivity contribution in [3.8, 4) is 6.07 Å². The molecule has 154 valence electrons. The third-order valence-electron chi connectivity index (χ3n) is 6.54. The smallest absolute Gasteiger partial charge is 0.257 e. The Morgan fingerprint density at radius 2 is 1.90 bits per heavy atom. The van der Waals surface area contributed by atoms with E-state index >= 15 is 0 Å². The van der Waals surface area contributed by atoms with Gasteiger partial charge in [-0.05, 0) is 48.7 Å². The van der Waals surface area contributed by atoms with Gasteiger partial charge in [0.1, 0.15) is 17.9 Å². The molecule has 7 heteroatoms. The van der Waals surface area contributed by atoms with Crippen LogP contribution in [-0.2, 0) is 9.53 Å². The molecule has 2 atom stereocenters. The molecule has 3 heterocycles. The summed E-state index contributed by atoms with van der Waals surface area (Å²) in [4.78, 5) is 17.1. The highest BCUT2D eigenvalue weighted by Crippen LogP contribution is 2.48. The van der Waals surface area contributed by atoms with Crippen molar-refractivity contribution in [1.82, 2.24) is 4.90 Å². The molecule has 30 heavy (non-hydrogen) atoms. The van der Waals surface area contributed by atoms with Crippen molar-refractivity contribution in [3.63, 3.8) is 0 Å². The quantitative estimate of drug-likeness (QED) is 0.755. The van der Waals surface area contributed by atoms with E-state index < -0.39 is 11.4 Å². The number of amides is 1. The number of carbonyl (C=O) groups excluding carboxylic acids is 1. The second kappa shape index (κ2) is 7.06. The Morgan fingerprint density at radius 1 is 1.10 bits per heavy atom. The fraction of sp³-hybridized carbons (Fsp3) is 0.391. The molecule has 0 bridgehead atoms. The monoisotopic (exact) mass is 409 g/mol. The van der Waals surface area contributed by atoms with Crippen molar-refractivity contribution in [1.29, 1.82) is 5.26 Å². The number of nitriles is 1. The number of carbonyl (C=O) groups is 1. The molecule has 5 nitrogen and oxygen atoms in total. The standard InChI is InChI=1S/C23H21F2N3O2/c24-17-3-1-2-16(13-17)19-6-7-21-28(19)22(29)23(30-21)8-10-27(11-9-23)20-5-4-15(14-26)12-18(20)25/h1-5,12-13,19,21H,6-11H2/t19-,21+/m0/s1. The molecule has 0 aliphatic carbocycles. The molecule has 0 aromatic heterocycles. The Balaban J connectivity index is 1.33. The topological polar surface area (TPSA) is 56.6 Å². The van der Waals surface area contributed by atoms with Gasteiger partial charge in [0, 0.05) is 25.9 Å². The number of fused-ring (bicyclic) bond motifs is 1. The normalized spacial score (nSPS) is 24.9. The maximum Gasteiger partial charge on any atom is 0.257 e. The highest BCUT2D eigenvalue weighted by atomic mass is 19.1. The molecule has 0 saturated carbocycles. The average Bonchev–Trinajstić information content (AvgIpc) is 3.27. The van der Waals surface area contributed by atoms with Gasteiger partial charge in [-0.2, -0.15) is 5.26 Å². The van der Waals surface area contributed by atoms with Crippen LogP contribution in [0.2, 0.25) is 0 Å². The molecule has 3 aliphatic heterocycles. The first kappa shape index (κ1) is 19.0. The van der Waals surface area contributed by atoms with E-state index in [-0.39, 0.29) is 29.6 Å².